The molecule has 0 aliphatic heterocycles. The summed E-state index contributed by atoms with van der Waals surface area (Å²) in [4.78, 5) is 0. The highest BCUT2D eigenvalue weighted by atomic mass is 35.5. The second-order valence-electron chi connectivity index (χ2n) is 4.04. The topological polar surface area (TPSA) is 45.4 Å². The minimum Gasteiger partial charge on any atom is -0.444 e. The molecule has 4 heteroatoms. The SMILES string of the molecule is CCC(O)CNCc1c(Cl)oc2ccccc12. The van der Waals surface area contributed by atoms with Crippen molar-refractivity contribution in [3.05, 3.63) is 35.0 Å². The van der Waals surface area contributed by atoms with Crippen molar-refractivity contribution < 1.29 is 9.52 Å². The van der Waals surface area contributed by atoms with Crippen LogP contribution in [0.5, 0.6) is 0 Å². The van der Waals surface area contributed by atoms with Crippen LogP contribution in [0.25, 0.3) is 11.0 Å². The summed E-state index contributed by atoms with van der Waals surface area (Å²) in [5, 5.41) is 14.1. The second-order valence-corrected chi connectivity index (χ2v) is 4.39. The van der Waals surface area contributed by atoms with E-state index in [0.29, 0.717) is 18.3 Å². The second kappa shape index (κ2) is 5.54. The third-order valence-corrected chi connectivity index (χ3v) is 3.11. The van der Waals surface area contributed by atoms with E-state index >= 15 is 0 Å². The minimum atomic E-state index is -0.313. The number of nitrogens with one attached hydrogen (secondary N) is 1. The van der Waals surface area contributed by atoms with E-state index in [1.165, 1.54) is 0 Å². The summed E-state index contributed by atoms with van der Waals surface area (Å²) in [5.41, 5.74) is 1.75. The van der Waals surface area contributed by atoms with Gasteiger partial charge in [0.1, 0.15) is 5.58 Å². The van der Waals surface area contributed by atoms with E-state index in [0.717, 1.165) is 23.0 Å². The van der Waals surface area contributed by atoms with Gasteiger partial charge in [0.25, 0.3) is 0 Å². The third-order valence-electron chi connectivity index (χ3n) is 2.80. The molecule has 2 N–H and O–H groups in total. The third kappa shape index (κ3) is 2.80. The fraction of sp³-hybridized carbons (Fsp3) is 0.385. The van der Waals surface area contributed by atoms with Crippen LogP contribution in [0.15, 0.2) is 28.7 Å². The Balaban J connectivity index is 2.10. The monoisotopic (exact) mass is 253 g/mol. The van der Waals surface area contributed by atoms with Crippen LogP contribution in [0.3, 0.4) is 0 Å². The number of halogens is 1. The first-order valence-electron chi connectivity index (χ1n) is 5.77. The first kappa shape index (κ1) is 12.4. The molecule has 92 valence electrons. The van der Waals surface area contributed by atoms with Crippen LogP contribution in [0.2, 0.25) is 5.22 Å². The van der Waals surface area contributed by atoms with Crippen LogP contribution < -0.4 is 5.32 Å². The van der Waals surface area contributed by atoms with Crippen molar-refractivity contribution in [1.82, 2.24) is 5.32 Å². The lowest BCUT2D eigenvalue weighted by Crippen LogP contribution is -2.25. The van der Waals surface area contributed by atoms with Crippen molar-refractivity contribution in [2.45, 2.75) is 26.0 Å². The van der Waals surface area contributed by atoms with Crippen LogP contribution >= 0.6 is 11.6 Å². The molecule has 2 rings (SSSR count). The maximum absolute atomic E-state index is 9.45. The number of fused-ring (bicyclic) bond motifs is 1. The van der Waals surface area contributed by atoms with Crippen molar-refractivity contribution in [3.63, 3.8) is 0 Å². The van der Waals surface area contributed by atoms with Crippen molar-refractivity contribution in [2.24, 2.45) is 0 Å². The Morgan fingerprint density at radius 3 is 2.94 bits per heavy atom. The Labute approximate surface area is 105 Å². The zero-order valence-corrected chi connectivity index (χ0v) is 10.5. The predicted octanol–water partition coefficient (Wildman–Crippen LogP) is 2.95. The molecular weight excluding hydrogens is 238 g/mol. The van der Waals surface area contributed by atoms with Crippen LogP contribution in [-0.4, -0.2) is 17.8 Å². The van der Waals surface area contributed by atoms with Gasteiger partial charge in [-0.2, -0.15) is 0 Å². The van der Waals surface area contributed by atoms with Crippen molar-refractivity contribution >= 4 is 22.6 Å². The molecule has 0 saturated carbocycles. The molecule has 0 fully saturated rings. The normalized spacial score (nSPS) is 13.1. The molecule has 1 aromatic carbocycles. The molecule has 1 aromatic heterocycles. The van der Waals surface area contributed by atoms with E-state index in [9.17, 15) is 5.11 Å². The number of furan rings is 1. The average molecular weight is 254 g/mol. The molecule has 0 radical (unpaired) electrons. The fourth-order valence-corrected chi connectivity index (χ4v) is 1.99. The zero-order chi connectivity index (χ0) is 12.3. The number of aliphatic hydroxyl groups excluding tert-OH is 1. The molecule has 0 aliphatic rings. The van der Waals surface area contributed by atoms with Crippen LogP contribution in [0.1, 0.15) is 18.9 Å². The van der Waals surface area contributed by atoms with Gasteiger partial charge in [-0.3, -0.25) is 0 Å². The standard InChI is InChI=1S/C13H16ClNO2/c1-2-9(16)7-15-8-11-10-5-3-4-6-12(10)17-13(11)14/h3-6,9,15-16H,2,7-8H2,1H3. The Bertz CT molecular complexity index is 495. The molecule has 1 atom stereocenters. The van der Waals surface area contributed by atoms with E-state index in [4.69, 9.17) is 16.0 Å². The van der Waals surface area contributed by atoms with E-state index in [2.05, 4.69) is 5.32 Å². The minimum absolute atomic E-state index is 0.313. The van der Waals surface area contributed by atoms with Crippen LogP contribution in [0, 0.1) is 0 Å². The van der Waals surface area contributed by atoms with Crippen molar-refractivity contribution in [3.8, 4) is 0 Å². The Morgan fingerprint density at radius 1 is 1.41 bits per heavy atom. The molecule has 2 aromatic rings. The molecule has 1 unspecified atom stereocenters. The molecule has 0 spiro atoms. The number of rotatable bonds is 5. The lowest BCUT2D eigenvalue weighted by molar-refractivity contribution is 0.167. The molecule has 0 aliphatic carbocycles. The molecular formula is C13H16ClNO2. The number of benzene rings is 1. The summed E-state index contributed by atoms with van der Waals surface area (Å²) < 4.78 is 5.45. The van der Waals surface area contributed by atoms with Crippen LogP contribution in [0.4, 0.5) is 0 Å². The summed E-state index contributed by atoms with van der Waals surface area (Å²) in [6.07, 6.45) is 0.430. The van der Waals surface area contributed by atoms with Crippen LogP contribution in [-0.2, 0) is 6.54 Å². The van der Waals surface area contributed by atoms with Gasteiger partial charge in [-0.25, -0.2) is 0 Å². The fourth-order valence-electron chi connectivity index (χ4n) is 1.74. The first-order chi connectivity index (χ1) is 8.22. The lowest BCUT2D eigenvalue weighted by atomic mass is 10.2. The Kier molecular flexibility index (Phi) is 4.05. The molecule has 0 amide bonds. The maximum Gasteiger partial charge on any atom is 0.199 e. The highest BCUT2D eigenvalue weighted by molar-refractivity contribution is 6.30. The van der Waals surface area contributed by atoms with E-state index in [1.54, 1.807) is 0 Å². The predicted molar refractivity (Wildman–Crippen MR) is 69.2 cm³/mol. The van der Waals surface area contributed by atoms with Gasteiger partial charge in [-0.1, -0.05) is 25.1 Å². The van der Waals surface area contributed by atoms with Crippen molar-refractivity contribution in [2.75, 3.05) is 6.54 Å². The highest BCUT2D eigenvalue weighted by Gasteiger charge is 2.11. The number of hydrogen-bond acceptors (Lipinski definition) is 3. The van der Waals surface area contributed by atoms with Gasteiger partial charge in [0.15, 0.2) is 5.22 Å². The smallest absolute Gasteiger partial charge is 0.199 e. The highest BCUT2D eigenvalue weighted by Crippen LogP contribution is 2.29. The first-order valence-corrected chi connectivity index (χ1v) is 6.15. The van der Waals surface area contributed by atoms with Crippen molar-refractivity contribution in [1.29, 1.82) is 0 Å². The number of aliphatic hydroxyl groups is 1. The van der Waals surface area contributed by atoms with Gasteiger partial charge in [-0.15, -0.1) is 0 Å². The van der Waals surface area contributed by atoms with Gasteiger partial charge in [0.05, 0.1) is 6.10 Å². The van der Waals surface area contributed by atoms with E-state index in [-0.39, 0.29) is 6.10 Å². The van der Waals surface area contributed by atoms with Gasteiger partial charge in [0.2, 0.25) is 0 Å². The number of para-hydroxylation sites is 1. The molecule has 3 nitrogen and oxygen atoms in total. The van der Waals surface area contributed by atoms with E-state index < -0.39 is 0 Å². The molecule has 1 heterocycles. The van der Waals surface area contributed by atoms with Gasteiger partial charge < -0.3 is 14.8 Å². The van der Waals surface area contributed by atoms with Gasteiger partial charge in [-0.05, 0) is 24.1 Å². The molecule has 17 heavy (non-hydrogen) atoms. The zero-order valence-electron chi connectivity index (χ0n) is 9.74. The summed E-state index contributed by atoms with van der Waals surface area (Å²) >= 11 is 6.05. The Hall–Kier alpha value is -1.03. The molecule has 0 saturated heterocycles. The maximum atomic E-state index is 9.45. The van der Waals surface area contributed by atoms with Gasteiger partial charge >= 0.3 is 0 Å². The summed E-state index contributed by atoms with van der Waals surface area (Å²) in [5.74, 6) is 0. The quantitative estimate of drug-likeness (QED) is 0.861. The lowest BCUT2D eigenvalue weighted by Gasteiger charge is -2.08. The molecule has 0 bridgehead atoms. The largest absolute Gasteiger partial charge is 0.444 e. The van der Waals surface area contributed by atoms with Gasteiger partial charge in [0, 0.05) is 24.0 Å². The summed E-state index contributed by atoms with van der Waals surface area (Å²) in [7, 11) is 0. The Morgan fingerprint density at radius 2 is 2.18 bits per heavy atom. The average Bonchev–Trinajstić information content (AvgIpc) is 2.66. The summed E-state index contributed by atoms with van der Waals surface area (Å²) in [6, 6.07) is 7.75. The summed E-state index contributed by atoms with van der Waals surface area (Å²) in [6.45, 7) is 3.12. The van der Waals surface area contributed by atoms with E-state index in [1.807, 2.05) is 31.2 Å². The number of hydrogen-bond donors (Lipinski definition) is 2.